The molecule has 1 aliphatic rings. The number of hydrogen-bond acceptors (Lipinski definition) is 7. The molecule has 9 nitrogen and oxygen atoms in total. The van der Waals surface area contributed by atoms with E-state index < -0.39 is 0 Å². The highest BCUT2D eigenvalue weighted by Crippen LogP contribution is 2.42. The molecule has 48 heavy (non-hydrogen) atoms. The Hall–Kier alpha value is -3.99. The van der Waals surface area contributed by atoms with Gasteiger partial charge < -0.3 is 30.0 Å². The second-order valence-electron chi connectivity index (χ2n) is 12.2. The van der Waals surface area contributed by atoms with E-state index in [9.17, 15) is 4.79 Å². The smallest absolute Gasteiger partial charge is 0.220 e. The summed E-state index contributed by atoms with van der Waals surface area (Å²) < 4.78 is 13.1. The summed E-state index contributed by atoms with van der Waals surface area (Å²) in [6.07, 6.45) is 5.48. The predicted octanol–water partition coefficient (Wildman–Crippen LogP) is 6.78. The number of methoxy groups -OCH3 is 2. The topological polar surface area (TPSA) is 102 Å². The van der Waals surface area contributed by atoms with Crippen LogP contribution in [0.2, 0.25) is 10.0 Å². The highest BCUT2D eigenvalue weighted by molar-refractivity contribution is 6.39. The van der Waals surface area contributed by atoms with E-state index in [1.807, 2.05) is 50.4 Å². The molecule has 1 saturated heterocycles. The van der Waals surface area contributed by atoms with Crippen LogP contribution >= 0.6 is 23.2 Å². The molecule has 11 heteroatoms. The van der Waals surface area contributed by atoms with E-state index in [-0.39, 0.29) is 18.1 Å². The van der Waals surface area contributed by atoms with Crippen LogP contribution in [0, 0.1) is 0 Å². The first-order valence-corrected chi connectivity index (χ1v) is 16.8. The Morgan fingerprint density at radius 2 is 1.79 bits per heavy atom. The van der Waals surface area contributed by atoms with Crippen molar-refractivity contribution >= 4 is 40.0 Å². The molecule has 1 fully saturated rings. The molecule has 0 aliphatic carbocycles. The maximum absolute atomic E-state index is 11.5. The second-order valence-corrected chi connectivity index (χ2v) is 12.9. The van der Waals surface area contributed by atoms with Crippen LogP contribution in [0.4, 0.5) is 0 Å². The first-order valence-electron chi connectivity index (χ1n) is 16.1. The average molecular weight is 688 g/mol. The van der Waals surface area contributed by atoms with Crippen LogP contribution in [-0.2, 0) is 29.7 Å². The van der Waals surface area contributed by atoms with Crippen molar-refractivity contribution in [2.24, 2.45) is 7.05 Å². The fourth-order valence-electron chi connectivity index (χ4n) is 6.18. The quantitative estimate of drug-likeness (QED) is 0.126. The fourth-order valence-corrected chi connectivity index (χ4v) is 6.83. The Bertz CT molecular complexity index is 1940. The van der Waals surface area contributed by atoms with Gasteiger partial charge in [0.05, 0.1) is 34.6 Å². The molecule has 3 N–H and O–H groups in total. The molecule has 1 unspecified atom stereocenters. The van der Waals surface area contributed by atoms with Gasteiger partial charge in [-0.1, -0.05) is 59.6 Å². The van der Waals surface area contributed by atoms with Gasteiger partial charge in [0.25, 0.3) is 0 Å². The summed E-state index contributed by atoms with van der Waals surface area (Å²) >= 11 is 14.2. The van der Waals surface area contributed by atoms with Gasteiger partial charge >= 0.3 is 0 Å². The molecular weight excluding hydrogens is 647 g/mol. The van der Waals surface area contributed by atoms with Crippen molar-refractivity contribution in [3.05, 3.63) is 88.2 Å². The van der Waals surface area contributed by atoms with Crippen LogP contribution in [-0.4, -0.2) is 59.9 Å². The maximum atomic E-state index is 11.5. The minimum Gasteiger partial charge on any atom is -0.481 e. The van der Waals surface area contributed by atoms with E-state index in [4.69, 9.17) is 37.7 Å². The zero-order valence-corrected chi connectivity index (χ0v) is 29.1. The van der Waals surface area contributed by atoms with Crippen molar-refractivity contribution in [2.45, 2.75) is 45.0 Å². The summed E-state index contributed by atoms with van der Waals surface area (Å²) in [5.74, 6) is 0.620. The first-order chi connectivity index (χ1) is 23.3. The standard InChI is InChI=1S/C37H40Cl2N6O3/c1-22(47-3)17-40-19-25-21-45(2)32-16-23(8-11-27(25)32)36-35(39)29(14-15-42-36)28-6-5-7-30(34(28)38)31-12-9-24(37(44-31)48-4)18-41-20-26-10-13-33(46)43-26/h5-9,11-12,14-16,21-22,26,40-41H,10,13,17-20H2,1-4H3,(H,43,46)/t22?,26-/m1/s1. The molecule has 3 aromatic heterocycles. The Kier molecular flexibility index (Phi) is 10.6. The minimum atomic E-state index is 0.105. The Balaban J connectivity index is 1.25. The Morgan fingerprint density at radius 1 is 1.00 bits per heavy atom. The predicted molar refractivity (Wildman–Crippen MR) is 192 cm³/mol. The van der Waals surface area contributed by atoms with Crippen molar-refractivity contribution in [3.8, 4) is 39.5 Å². The lowest BCUT2D eigenvalue weighted by Crippen LogP contribution is -2.35. The second kappa shape index (κ2) is 15.1. The fraction of sp³-hybridized carbons (Fsp3) is 0.324. The van der Waals surface area contributed by atoms with Crippen LogP contribution in [0.5, 0.6) is 5.88 Å². The normalized spacial score (nSPS) is 15.2. The molecule has 1 amide bonds. The lowest BCUT2D eigenvalue weighted by molar-refractivity contribution is -0.119. The van der Waals surface area contributed by atoms with E-state index in [1.54, 1.807) is 20.4 Å². The summed E-state index contributed by atoms with van der Waals surface area (Å²) in [4.78, 5) is 21.0. The van der Waals surface area contributed by atoms with Crippen LogP contribution < -0.4 is 20.7 Å². The number of nitrogens with zero attached hydrogens (tertiary/aromatic N) is 3. The van der Waals surface area contributed by atoms with Gasteiger partial charge in [-0.3, -0.25) is 9.78 Å². The number of pyridine rings is 2. The van der Waals surface area contributed by atoms with E-state index in [2.05, 4.69) is 49.9 Å². The Labute approximate surface area is 291 Å². The zero-order valence-electron chi connectivity index (χ0n) is 27.6. The number of rotatable bonds is 13. The van der Waals surface area contributed by atoms with Crippen molar-refractivity contribution in [1.29, 1.82) is 0 Å². The van der Waals surface area contributed by atoms with Crippen LogP contribution in [0.3, 0.4) is 0 Å². The molecule has 0 saturated carbocycles. The van der Waals surface area contributed by atoms with Gasteiger partial charge in [0.15, 0.2) is 0 Å². The number of halogens is 2. The molecular formula is C37H40Cl2N6O3. The number of amides is 1. The molecule has 0 radical (unpaired) electrons. The number of nitrogens with one attached hydrogen (secondary N) is 3. The third kappa shape index (κ3) is 7.21. The van der Waals surface area contributed by atoms with Crippen molar-refractivity contribution in [2.75, 3.05) is 27.3 Å². The number of aryl methyl sites for hydroxylation is 1. The summed E-state index contributed by atoms with van der Waals surface area (Å²) in [6.45, 7) is 4.81. The van der Waals surface area contributed by atoms with Crippen molar-refractivity contribution < 1.29 is 14.3 Å². The minimum absolute atomic E-state index is 0.105. The monoisotopic (exact) mass is 686 g/mol. The van der Waals surface area contributed by atoms with Crippen molar-refractivity contribution in [3.63, 3.8) is 0 Å². The average Bonchev–Trinajstić information content (AvgIpc) is 3.66. The number of benzene rings is 2. The number of carbonyl (C=O) groups excluding carboxylic acids is 1. The third-order valence-electron chi connectivity index (χ3n) is 8.87. The highest BCUT2D eigenvalue weighted by atomic mass is 35.5. The Morgan fingerprint density at radius 3 is 2.56 bits per heavy atom. The number of carbonyl (C=O) groups is 1. The van der Waals surface area contributed by atoms with Gasteiger partial charge in [-0.15, -0.1) is 0 Å². The van der Waals surface area contributed by atoms with Gasteiger partial charge in [0, 0.05) is 104 Å². The first kappa shape index (κ1) is 33.9. The number of ether oxygens (including phenoxy) is 2. The summed E-state index contributed by atoms with van der Waals surface area (Å²) in [5, 5.41) is 12.1. The lowest BCUT2D eigenvalue weighted by atomic mass is 9.99. The van der Waals surface area contributed by atoms with Crippen molar-refractivity contribution in [1.82, 2.24) is 30.5 Å². The molecule has 5 aromatic rings. The molecule has 250 valence electrons. The number of aromatic nitrogens is 3. The van der Waals surface area contributed by atoms with Gasteiger partial charge in [-0.25, -0.2) is 4.98 Å². The van der Waals surface area contributed by atoms with Gasteiger partial charge in [0.1, 0.15) is 0 Å². The summed E-state index contributed by atoms with van der Waals surface area (Å²) in [5.41, 5.74) is 7.84. The van der Waals surface area contributed by atoms with Crippen LogP contribution in [0.25, 0.3) is 44.5 Å². The molecule has 2 aromatic carbocycles. The molecule has 0 bridgehead atoms. The van der Waals surface area contributed by atoms with Gasteiger partial charge in [-0.05, 0) is 37.1 Å². The third-order valence-corrected chi connectivity index (χ3v) is 9.66. The van der Waals surface area contributed by atoms with E-state index in [0.29, 0.717) is 46.8 Å². The van der Waals surface area contributed by atoms with E-state index >= 15 is 0 Å². The highest BCUT2D eigenvalue weighted by Gasteiger charge is 2.21. The van der Waals surface area contributed by atoms with Crippen LogP contribution in [0.15, 0.2) is 67.0 Å². The SMILES string of the molecule is COc1nc(-c2cccc(-c3ccnc(-c4ccc5c(CNCC(C)OC)cn(C)c5c4)c3Cl)c2Cl)ccc1CNC[C@H]1CCC(=O)N1. The molecule has 0 spiro atoms. The molecule has 2 atom stereocenters. The lowest BCUT2D eigenvalue weighted by Gasteiger charge is -2.15. The number of hydrogen-bond donors (Lipinski definition) is 3. The van der Waals surface area contributed by atoms with Gasteiger partial charge in [0.2, 0.25) is 11.8 Å². The van der Waals surface area contributed by atoms with E-state index in [0.717, 1.165) is 52.8 Å². The number of fused-ring (bicyclic) bond motifs is 1. The maximum Gasteiger partial charge on any atom is 0.220 e. The molecule has 6 rings (SSSR count). The van der Waals surface area contributed by atoms with Gasteiger partial charge in [-0.2, -0.15) is 0 Å². The summed E-state index contributed by atoms with van der Waals surface area (Å²) in [7, 11) is 5.38. The molecule has 1 aliphatic heterocycles. The molecule has 4 heterocycles. The van der Waals surface area contributed by atoms with E-state index in [1.165, 1.54) is 10.9 Å². The van der Waals surface area contributed by atoms with Crippen LogP contribution in [0.1, 0.15) is 30.9 Å². The zero-order chi connectivity index (χ0) is 33.8. The largest absolute Gasteiger partial charge is 0.481 e. The summed E-state index contributed by atoms with van der Waals surface area (Å²) in [6, 6.07) is 18.1.